The van der Waals surface area contributed by atoms with E-state index in [0.717, 1.165) is 12.8 Å². The van der Waals surface area contributed by atoms with Crippen LogP contribution in [0.15, 0.2) is 18.5 Å². The first-order valence-corrected chi connectivity index (χ1v) is 6.86. The number of hydrogen-bond donors (Lipinski definition) is 2. The van der Waals surface area contributed by atoms with E-state index in [-0.39, 0.29) is 16.8 Å². The van der Waals surface area contributed by atoms with E-state index < -0.39 is 5.41 Å². The van der Waals surface area contributed by atoms with E-state index in [2.05, 4.69) is 15.3 Å². The number of amides is 1. The smallest absolute Gasteiger partial charge is 0.239 e. The Morgan fingerprint density at radius 3 is 2.26 bits per heavy atom. The highest BCUT2D eigenvalue weighted by Crippen LogP contribution is 2.31. The van der Waals surface area contributed by atoms with Crippen LogP contribution in [0.1, 0.15) is 39.5 Å². The van der Waals surface area contributed by atoms with Gasteiger partial charge >= 0.3 is 0 Å². The number of aromatic nitrogens is 2. The average Bonchev–Trinajstić information content (AvgIpc) is 2.39. The molecule has 0 radical (unpaired) electrons. The van der Waals surface area contributed by atoms with E-state index in [1.807, 2.05) is 13.8 Å². The Bertz CT molecular complexity index is 430. The van der Waals surface area contributed by atoms with Crippen molar-refractivity contribution in [1.29, 1.82) is 0 Å². The summed E-state index contributed by atoms with van der Waals surface area (Å²) in [5.41, 5.74) is 5.02. The van der Waals surface area contributed by atoms with Crippen LogP contribution in [0.25, 0.3) is 0 Å². The van der Waals surface area contributed by atoms with Gasteiger partial charge in [0.05, 0.1) is 10.4 Å². The Kier molecular flexibility index (Phi) is 5.82. The highest BCUT2D eigenvalue weighted by atomic mass is 32.1. The molecule has 0 aliphatic carbocycles. The normalized spacial score (nSPS) is 11.1. The van der Waals surface area contributed by atoms with Crippen molar-refractivity contribution >= 4 is 29.1 Å². The quantitative estimate of drug-likeness (QED) is 0.749. The maximum atomic E-state index is 12.5. The van der Waals surface area contributed by atoms with Gasteiger partial charge in [0.15, 0.2) is 0 Å². The SMILES string of the molecule is CCCC(CCC)(C(=O)Nc1ncccn1)C(N)=S. The minimum absolute atomic E-state index is 0.213. The third-order valence-electron chi connectivity index (χ3n) is 3.05. The predicted octanol–water partition coefficient (Wildman–Crippen LogP) is 2.29. The molecule has 0 fully saturated rings. The van der Waals surface area contributed by atoms with Crippen molar-refractivity contribution in [3.05, 3.63) is 18.5 Å². The molecule has 1 aromatic rings. The van der Waals surface area contributed by atoms with Crippen molar-refractivity contribution in [3.8, 4) is 0 Å². The first-order valence-electron chi connectivity index (χ1n) is 6.45. The maximum absolute atomic E-state index is 12.5. The van der Waals surface area contributed by atoms with Crippen molar-refractivity contribution in [1.82, 2.24) is 9.97 Å². The molecule has 19 heavy (non-hydrogen) atoms. The third-order valence-corrected chi connectivity index (χ3v) is 3.44. The monoisotopic (exact) mass is 280 g/mol. The van der Waals surface area contributed by atoms with Crippen molar-refractivity contribution in [3.63, 3.8) is 0 Å². The predicted molar refractivity (Wildman–Crippen MR) is 79.7 cm³/mol. The van der Waals surface area contributed by atoms with Gasteiger partial charge in [-0.2, -0.15) is 0 Å². The summed E-state index contributed by atoms with van der Waals surface area (Å²) >= 11 is 5.13. The Labute approximate surface area is 119 Å². The second kappa shape index (κ2) is 7.13. The fraction of sp³-hybridized carbons (Fsp3) is 0.538. The largest absolute Gasteiger partial charge is 0.392 e. The Morgan fingerprint density at radius 2 is 1.84 bits per heavy atom. The molecule has 0 spiro atoms. The topological polar surface area (TPSA) is 80.9 Å². The van der Waals surface area contributed by atoms with Crippen LogP contribution in [-0.4, -0.2) is 20.9 Å². The molecule has 3 N–H and O–H groups in total. The fourth-order valence-electron chi connectivity index (χ4n) is 2.15. The van der Waals surface area contributed by atoms with Gasteiger partial charge in [-0.1, -0.05) is 38.9 Å². The molecule has 104 valence electrons. The van der Waals surface area contributed by atoms with E-state index in [0.29, 0.717) is 12.8 Å². The minimum atomic E-state index is -0.808. The number of nitrogens with one attached hydrogen (secondary N) is 1. The molecule has 5 nitrogen and oxygen atoms in total. The molecule has 0 saturated carbocycles. The second-order valence-electron chi connectivity index (χ2n) is 4.47. The van der Waals surface area contributed by atoms with Crippen molar-refractivity contribution in [2.75, 3.05) is 5.32 Å². The lowest BCUT2D eigenvalue weighted by molar-refractivity contribution is -0.122. The van der Waals surface area contributed by atoms with Gasteiger partial charge in [0.2, 0.25) is 11.9 Å². The van der Waals surface area contributed by atoms with Gasteiger partial charge in [0.1, 0.15) is 0 Å². The van der Waals surface area contributed by atoms with Crippen LogP contribution < -0.4 is 11.1 Å². The summed E-state index contributed by atoms with van der Waals surface area (Å²) in [7, 11) is 0. The van der Waals surface area contributed by atoms with Gasteiger partial charge in [-0.3, -0.25) is 10.1 Å². The van der Waals surface area contributed by atoms with Gasteiger partial charge in [0, 0.05) is 12.4 Å². The van der Waals surface area contributed by atoms with Crippen molar-refractivity contribution < 1.29 is 4.79 Å². The summed E-state index contributed by atoms with van der Waals surface area (Å²) in [6.45, 7) is 4.02. The first kappa shape index (κ1) is 15.5. The van der Waals surface area contributed by atoms with E-state index >= 15 is 0 Å². The summed E-state index contributed by atoms with van der Waals surface area (Å²) in [5, 5.41) is 2.71. The van der Waals surface area contributed by atoms with Crippen LogP contribution in [0.3, 0.4) is 0 Å². The molecule has 0 atom stereocenters. The highest BCUT2D eigenvalue weighted by Gasteiger charge is 2.40. The summed E-state index contributed by atoms with van der Waals surface area (Å²) in [6.07, 6.45) is 6.08. The molecule has 0 aromatic carbocycles. The number of nitrogens with two attached hydrogens (primary N) is 1. The lowest BCUT2D eigenvalue weighted by Gasteiger charge is -2.30. The molecule has 0 aliphatic rings. The van der Waals surface area contributed by atoms with Gasteiger partial charge in [0.25, 0.3) is 0 Å². The average molecular weight is 280 g/mol. The standard InChI is InChI=1S/C13H20N4OS/c1-3-6-13(7-4-2,10(14)19)11(18)17-12-15-8-5-9-16-12/h5,8-9H,3-4,6-7H2,1-2H3,(H2,14,19)(H,15,16,17,18). The van der Waals surface area contributed by atoms with E-state index in [4.69, 9.17) is 18.0 Å². The molecule has 6 heteroatoms. The van der Waals surface area contributed by atoms with Gasteiger partial charge < -0.3 is 5.73 Å². The zero-order chi connectivity index (χ0) is 14.3. The number of carbonyl (C=O) groups excluding carboxylic acids is 1. The zero-order valence-electron chi connectivity index (χ0n) is 11.3. The number of nitrogens with zero attached hydrogens (tertiary/aromatic N) is 2. The van der Waals surface area contributed by atoms with E-state index in [9.17, 15) is 4.79 Å². The Hall–Kier alpha value is -1.56. The zero-order valence-corrected chi connectivity index (χ0v) is 12.2. The van der Waals surface area contributed by atoms with Gasteiger partial charge in [-0.25, -0.2) is 9.97 Å². The van der Waals surface area contributed by atoms with Gasteiger partial charge in [-0.05, 0) is 18.9 Å². The molecule has 1 aromatic heterocycles. The molecule has 0 saturated heterocycles. The van der Waals surface area contributed by atoms with E-state index in [1.54, 1.807) is 18.5 Å². The molecule has 1 amide bonds. The van der Waals surface area contributed by atoms with Crippen LogP contribution in [0.5, 0.6) is 0 Å². The maximum Gasteiger partial charge on any atom is 0.239 e. The Balaban J connectivity index is 2.96. The highest BCUT2D eigenvalue weighted by molar-refractivity contribution is 7.80. The fourth-order valence-corrected chi connectivity index (χ4v) is 2.45. The molecular weight excluding hydrogens is 260 g/mol. The van der Waals surface area contributed by atoms with Crippen LogP contribution in [0, 0.1) is 5.41 Å². The molecule has 0 unspecified atom stereocenters. The van der Waals surface area contributed by atoms with Gasteiger partial charge in [-0.15, -0.1) is 0 Å². The third kappa shape index (κ3) is 3.70. The number of hydrogen-bond acceptors (Lipinski definition) is 4. The van der Waals surface area contributed by atoms with Crippen LogP contribution in [0.4, 0.5) is 5.95 Å². The van der Waals surface area contributed by atoms with Crippen LogP contribution in [-0.2, 0) is 4.79 Å². The molecule has 1 heterocycles. The first-order chi connectivity index (χ1) is 9.06. The number of rotatable bonds is 7. The van der Waals surface area contributed by atoms with Crippen LogP contribution in [0.2, 0.25) is 0 Å². The molecule has 0 aliphatic heterocycles. The lowest BCUT2D eigenvalue weighted by Crippen LogP contribution is -2.46. The Morgan fingerprint density at radius 1 is 1.32 bits per heavy atom. The lowest BCUT2D eigenvalue weighted by atomic mass is 9.78. The number of thiocarbonyl (C=S) groups is 1. The second-order valence-corrected chi connectivity index (χ2v) is 4.91. The minimum Gasteiger partial charge on any atom is -0.392 e. The van der Waals surface area contributed by atoms with Crippen molar-refractivity contribution in [2.45, 2.75) is 39.5 Å². The van der Waals surface area contributed by atoms with E-state index in [1.165, 1.54) is 0 Å². The summed E-state index contributed by atoms with van der Waals surface area (Å²) in [5.74, 6) is 0.0650. The number of anilines is 1. The summed E-state index contributed by atoms with van der Waals surface area (Å²) in [6, 6.07) is 1.69. The summed E-state index contributed by atoms with van der Waals surface area (Å²) in [4.78, 5) is 20.7. The summed E-state index contributed by atoms with van der Waals surface area (Å²) < 4.78 is 0. The molecular formula is C13H20N4OS. The molecule has 0 bridgehead atoms. The van der Waals surface area contributed by atoms with Crippen LogP contribution >= 0.6 is 12.2 Å². The molecule has 1 rings (SSSR count). The van der Waals surface area contributed by atoms with Crippen molar-refractivity contribution in [2.24, 2.45) is 11.1 Å². The number of carbonyl (C=O) groups is 1.